The molecule has 0 radical (unpaired) electrons. The molecule has 0 amide bonds. The Hall–Kier alpha value is -1.28. The monoisotopic (exact) mass is 204 g/mol. The highest BCUT2D eigenvalue weighted by Crippen LogP contribution is 2.29. The number of ether oxygens (including phenoxy) is 1. The maximum Gasteiger partial charge on any atom is 0.119 e. The van der Waals surface area contributed by atoms with E-state index in [1.165, 1.54) is 16.0 Å². The molecule has 1 aromatic heterocycles. The van der Waals surface area contributed by atoms with Crippen molar-refractivity contribution in [2.24, 2.45) is 0 Å². The first-order valence-corrected chi connectivity index (χ1v) is 5.37. The third-order valence-corrected chi connectivity index (χ3v) is 3.18. The van der Waals surface area contributed by atoms with E-state index in [0.717, 1.165) is 5.75 Å². The lowest BCUT2D eigenvalue weighted by molar-refractivity contribution is 0.415. The van der Waals surface area contributed by atoms with E-state index in [1.807, 2.05) is 12.1 Å². The van der Waals surface area contributed by atoms with Crippen LogP contribution in [0.1, 0.15) is 5.56 Å². The third-order valence-electron chi connectivity index (χ3n) is 2.08. The number of hydrogen-bond acceptors (Lipinski definition) is 2. The van der Waals surface area contributed by atoms with Crippen LogP contribution in [0, 0.1) is 6.92 Å². The topological polar surface area (TPSA) is 9.23 Å². The van der Waals surface area contributed by atoms with Gasteiger partial charge >= 0.3 is 0 Å². The fraction of sp³-hybridized carbons (Fsp3) is 0.167. The van der Waals surface area contributed by atoms with Gasteiger partial charge in [0.2, 0.25) is 0 Å². The first-order chi connectivity index (χ1) is 6.79. The molecular weight excluding hydrogens is 192 g/mol. The summed E-state index contributed by atoms with van der Waals surface area (Å²) in [6, 6.07) is 10.3. The first-order valence-electron chi connectivity index (χ1n) is 4.49. The van der Waals surface area contributed by atoms with E-state index < -0.39 is 0 Å². The predicted molar refractivity (Wildman–Crippen MR) is 61.0 cm³/mol. The lowest BCUT2D eigenvalue weighted by Crippen LogP contribution is -1.81. The van der Waals surface area contributed by atoms with Crippen molar-refractivity contribution in [1.82, 2.24) is 0 Å². The van der Waals surface area contributed by atoms with E-state index in [0.29, 0.717) is 0 Å². The van der Waals surface area contributed by atoms with Gasteiger partial charge in [-0.3, -0.25) is 0 Å². The summed E-state index contributed by atoms with van der Waals surface area (Å²) < 4.78 is 5.19. The van der Waals surface area contributed by atoms with Crippen LogP contribution in [0.15, 0.2) is 35.7 Å². The van der Waals surface area contributed by atoms with Crippen molar-refractivity contribution in [3.05, 3.63) is 41.3 Å². The smallest absolute Gasteiger partial charge is 0.119 e. The van der Waals surface area contributed by atoms with Crippen molar-refractivity contribution < 1.29 is 4.74 Å². The van der Waals surface area contributed by atoms with Gasteiger partial charge in [-0.2, -0.15) is 0 Å². The van der Waals surface area contributed by atoms with Gasteiger partial charge in [-0.25, -0.2) is 0 Å². The second kappa shape index (κ2) is 3.84. The average Bonchev–Trinajstić information content (AvgIpc) is 2.65. The molecule has 0 aliphatic heterocycles. The molecule has 1 aromatic carbocycles. The van der Waals surface area contributed by atoms with Crippen molar-refractivity contribution in [2.75, 3.05) is 7.11 Å². The summed E-state index contributed by atoms with van der Waals surface area (Å²) in [5, 5.41) is 2.16. The molecule has 2 rings (SSSR count). The summed E-state index contributed by atoms with van der Waals surface area (Å²) in [6.07, 6.45) is 0. The molecule has 14 heavy (non-hydrogen) atoms. The van der Waals surface area contributed by atoms with E-state index in [4.69, 9.17) is 4.74 Å². The standard InChI is InChI=1S/C12H12OS/c1-9-6-12(14-8-9)10-4-3-5-11(7-10)13-2/h3-8H,1-2H3. The van der Waals surface area contributed by atoms with Gasteiger partial charge in [0.25, 0.3) is 0 Å². The van der Waals surface area contributed by atoms with Gasteiger partial charge in [0.05, 0.1) is 7.11 Å². The van der Waals surface area contributed by atoms with E-state index in [9.17, 15) is 0 Å². The van der Waals surface area contributed by atoms with Gasteiger partial charge in [0.15, 0.2) is 0 Å². The summed E-state index contributed by atoms with van der Waals surface area (Å²) in [7, 11) is 1.69. The van der Waals surface area contributed by atoms with E-state index >= 15 is 0 Å². The van der Waals surface area contributed by atoms with Crippen molar-refractivity contribution in [3.8, 4) is 16.2 Å². The summed E-state index contributed by atoms with van der Waals surface area (Å²) in [5.74, 6) is 0.911. The Kier molecular flexibility index (Phi) is 2.55. The van der Waals surface area contributed by atoms with Crippen LogP contribution < -0.4 is 4.74 Å². The van der Waals surface area contributed by atoms with Crippen LogP contribution in [0.5, 0.6) is 5.75 Å². The highest BCUT2D eigenvalue weighted by atomic mass is 32.1. The van der Waals surface area contributed by atoms with Crippen LogP contribution in [0.25, 0.3) is 10.4 Å². The lowest BCUT2D eigenvalue weighted by atomic mass is 10.1. The Morgan fingerprint density at radius 1 is 1.21 bits per heavy atom. The molecule has 0 aliphatic rings. The van der Waals surface area contributed by atoms with Gasteiger partial charge in [-0.05, 0) is 41.6 Å². The Balaban J connectivity index is 2.41. The van der Waals surface area contributed by atoms with Crippen molar-refractivity contribution in [1.29, 1.82) is 0 Å². The average molecular weight is 204 g/mol. The second-order valence-corrected chi connectivity index (χ2v) is 4.13. The van der Waals surface area contributed by atoms with Gasteiger partial charge in [-0.1, -0.05) is 12.1 Å². The fourth-order valence-corrected chi connectivity index (χ4v) is 2.26. The molecule has 0 spiro atoms. The Morgan fingerprint density at radius 2 is 2.07 bits per heavy atom. The van der Waals surface area contributed by atoms with Crippen LogP contribution in [0.2, 0.25) is 0 Å². The van der Waals surface area contributed by atoms with Crippen molar-refractivity contribution in [2.45, 2.75) is 6.92 Å². The summed E-state index contributed by atoms with van der Waals surface area (Å²) in [4.78, 5) is 1.29. The zero-order valence-corrected chi connectivity index (χ0v) is 9.10. The van der Waals surface area contributed by atoms with Gasteiger partial charge in [0, 0.05) is 4.88 Å². The molecule has 72 valence electrons. The number of aryl methyl sites for hydroxylation is 1. The highest BCUT2D eigenvalue weighted by Gasteiger charge is 2.01. The van der Waals surface area contributed by atoms with E-state index in [2.05, 4.69) is 30.5 Å². The molecule has 1 nitrogen and oxygen atoms in total. The highest BCUT2D eigenvalue weighted by molar-refractivity contribution is 7.13. The van der Waals surface area contributed by atoms with E-state index in [-0.39, 0.29) is 0 Å². The molecule has 0 saturated heterocycles. The minimum atomic E-state index is 0.911. The van der Waals surface area contributed by atoms with Crippen LogP contribution in [-0.2, 0) is 0 Å². The molecule has 2 heteroatoms. The van der Waals surface area contributed by atoms with Gasteiger partial charge < -0.3 is 4.74 Å². The quantitative estimate of drug-likeness (QED) is 0.724. The van der Waals surface area contributed by atoms with Crippen LogP contribution in [-0.4, -0.2) is 7.11 Å². The Bertz CT molecular complexity index is 431. The molecule has 0 N–H and O–H groups in total. The van der Waals surface area contributed by atoms with Crippen molar-refractivity contribution in [3.63, 3.8) is 0 Å². The molecule has 0 fully saturated rings. The zero-order chi connectivity index (χ0) is 9.97. The number of rotatable bonds is 2. The number of thiophene rings is 1. The van der Waals surface area contributed by atoms with Crippen LogP contribution in [0.4, 0.5) is 0 Å². The number of benzene rings is 1. The minimum absolute atomic E-state index is 0.911. The number of hydrogen-bond donors (Lipinski definition) is 0. The summed E-state index contributed by atoms with van der Waals surface area (Å²) in [6.45, 7) is 2.11. The largest absolute Gasteiger partial charge is 0.497 e. The second-order valence-electron chi connectivity index (χ2n) is 3.22. The minimum Gasteiger partial charge on any atom is -0.497 e. The van der Waals surface area contributed by atoms with Gasteiger partial charge in [-0.15, -0.1) is 11.3 Å². The molecule has 0 aliphatic carbocycles. The van der Waals surface area contributed by atoms with Crippen LogP contribution >= 0.6 is 11.3 Å². The lowest BCUT2D eigenvalue weighted by Gasteiger charge is -2.01. The van der Waals surface area contributed by atoms with Crippen molar-refractivity contribution >= 4 is 11.3 Å². The molecule has 0 atom stereocenters. The third kappa shape index (κ3) is 1.80. The SMILES string of the molecule is COc1cccc(-c2cc(C)cs2)c1. The first kappa shape index (κ1) is 9.28. The molecule has 0 saturated carbocycles. The summed E-state index contributed by atoms with van der Waals surface area (Å²) >= 11 is 1.77. The maximum absolute atomic E-state index is 5.19. The molecule has 0 bridgehead atoms. The maximum atomic E-state index is 5.19. The number of methoxy groups -OCH3 is 1. The molecule has 1 heterocycles. The van der Waals surface area contributed by atoms with Crippen LogP contribution in [0.3, 0.4) is 0 Å². The fourth-order valence-electron chi connectivity index (χ4n) is 1.36. The Morgan fingerprint density at radius 3 is 2.71 bits per heavy atom. The molecule has 2 aromatic rings. The van der Waals surface area contributed by atoms with E-state index in [1.54, 1.807) is 18.4 Å². The zero-order valence-electron chi connectivity index (χ0n) is 8.28. The Labute approximate surface area is 88.0 Å². The predicted octanol–water partition coefficient (Wildman–Crippen LogP) is 3.73. The summed E-state index contributed by atoms with van der Waals surface area (Å²) in [5.41, 5.74) is 2.54. The normalized spacial score (nSPS) is 10.1. The van der Waals surface area contributed by atoms with Gasteiger partial charge in [0.1, 0.15) is 5.75 Å². The molecular formula is C12H12OS. The molecule has 0 unspecified atom stereocenters.